The van der Waals surface area contributed by atoms with Crippen molar-refractivity contribution in [2.24, 2.45) is 16.2 Å². The zero-order valence-corrected chi connectivity index (χ0v) is 28.5. The topological polar surface area (TPSA) is 183 Å². The molecular formula is C31H57N5O8. The number of carboxylic acid groups (broad SMARTS) is 1. The molecule has 5 N–H and O–H groups in total. The van der Waals surface area contributed by atoms with Crippen molar-refractivity contribution in [2.75, 3.05) is 39.4 Å². The quantitative estimate of drug-likeness (QED) is 0.119. The summed E-state index contributed by atoms with van der Waals surface area (Å²) in [6.45, 7) is 18.2. The molecule has 0 aromatic rings. The summed E-state index contributed by atoms with van der Waals surface area (Å²) in [5.41, 5.74) is -2.08. The van der Waals surface area contributed by atoms with Crippen LogP contribution in [-0.4, -0.2) is 97.0 Å². The number of ether oxygens (including phenoxy) is 1. The van der Waals surface area contributed by atoms with Crippen LogP contribution < -0.4 is 21.3 Å². The first-order valence-electron chi connectivity index (χ1n) is 15.3. The number of rotatable bonds is 21. The maximum absolute atomic E-state index is 12.9. The Kier molecular flexibility index (Phi) is 17.2. The summed E-state index contributed by atoms with van der Waals surface area (Å²) in [4.78, 5) is 75.1. The summed E-state index contributed by atoms with van der Waals surface area (Å²) in [5.74, 6) is -2.54. The third kappa shape index (κ3) is 17.8. The zero-order chi connectivity index (χ0) is 34.3. The van der Waals surface area contributed by atoms with Gasteiger partial charge in [-0.3, -0.25) is 28.8 Å². The van der Waals surface area contributed by atoms with Crippen LogP contribution in [0, 0.1) is 16.2 Å². The van der Waals surface area contributed by atoms with Crippen molar-refractivity contribution in [2.45, 2.75) is 107 Å². The Morgan fingerprint density at radius 2 is 1.20 bits per heavy atom. The van der Waals surface area contributed by atoms with Crippen LogP contribution in [-0.2, 0) is 33.5 Å². The minimum absolute atomic E-state index is 0.0285. The van der Waals surface area contributed by atoms with E-state index in [9.17, 15) is 28.8 Å². The number of nitrogens with one attached hydrogen (secondary N) is 4. The van der Waals surface area contributed by atoms with E-state index in [2.05, 4.69) is 21.3 Å². The first-order chi connectivity index (χ1) is 20.1. The van der Waals surface area contributed by atoms with E-state index in [1.54, 1.807) is 55.4 Å². The van der Waals surface area contributed by atoms with E-state index in [1.165, 1.54) is 4.90 Å². The fourth-order valence-corrected chi connectivity index (χ4v) is 4.76. The van der Waals surface area contributed by atoms with Crippen molar-refractivity contribution < 1.29 is 38.6 Å². The molecule has 0 radical (unpaired) electrons. The van der Waals surface area contributed by atoms with Gasteiger partial charge < -0.3 is 36.0 Å². The molecule has 0 saturated carbocycles. The number of aliphatic carboxylic acids is 1. The van der Waals surface area contributed by atoms with Crippen molar-refractivity contribution >= 4 is 35.5 Å². The maximum Gasteiger partial charge on any atom is 0.303 e. The summed E-state index contributed by atoms with van der Waals surface area (Å²) in [6.07, 6.45) is 0.699. The molecule has 0 aliphatic heterocycles. The molecule has 0 bridgehead atoms. The number of carbonyl (C=O) groups is 6. The molecule has 5 amide bonds. The highest BCUT2D eigenvalue weighted by Gasteiger charge is 2.35. The number of amides is 5. The normalized spacial score (nSPS) is 12.1. The van der Waals surface area contributed by atoms with Gasteiger partial charge in [-0.2, -0.15) is 0 Å². The standard InChI is InChI=1S/C31H57N5O8/c1-21(2)34-23(37)18-36(19-24(38)35-22(3)4)25(39)11-13-32-27(42)30(7,8)12-15-44-16-14-33-28(43)31(9,10)20-29(5,6)17-26(40)41/h21-22H,11-20H2,1-10H3,(H,32,42)(H,33,43)(H,34,37)(H,35,38)(H,40,41). The Balaban J connectivity index is 4.67. The molecule has 0 rings (SSSR count). The Morgan fingerprint density at radius 1 is 0.727 bits per heavy atom. The molecule has 0 heterocycles. The van der Waals surface area contributed by atoms with Crippen molar-refractivity contribution in [3.05, 3.63) is 0 Å². The zero-order valence-electron chi connectivity index (χ0n) is 28.5. The summed E-state index contributed by atoms with van der Waals surface area (Å²) < 4.78 is 5.63. The second-order valence-electron chi connectivity index (χ2n) is 14.0. The van der Waals surface area contributed by atoms with Crippen molar-refractivity contribution in [3.8, 4) is 0 Å². The highest BCUT2D eigenvalue weighted by Crippen LogP contribution is 2.36. The van der Waals surface area contributed by atoms with Gasteiger partial charge in [0.25, 0.3) is 0 Å². The van der Waals surface area contributed by atoms with Crippen molar-refractivity contribution in [1.82, 2.24) is 26.2 Å². The van der Waals surface area contributed by atoms with Gasteiger partial charge in [0.05, 0.1) is 13.0 Å². The first-order valence-corrected chi connectivity index (χ1v) is 15.3. The fraction of sp³-hybridized carbons (Fsp3) is 0.806. The molecule has 0 spiro atoms. The van der Waals surface area contributed by atoms with E-state index in [1.807, 2.05) is 13.8 Å². The number of nitrogens with zero attached hydrogens (tertiary/aromatic N) is 1. The lowest BCUT2D eigenvalue weighted by Gasteiger charge is -2.33. The van der Waals surface area contributed by atoms with Gasteiger partial charge in [0.15, 0.2) is 0 Å². The summed E-state index contributed by atoms with van der Waals surface area (Å²) in [6, 6.07) is -0.232. The van der Waals surface area contributed by atoms with Crippen LogP contribution in [0.15, 0.2) is 0 Å². The average Bonchev–Trinajstić information content (AvgIpc) is 2.82. The summed E-state index contributed by atoms with van der Waals surface area (Å²) in [7, 11) is 0. The number of hydrogen-bond acceptors (Lipinski definition) is 7. The van der Waals surface area contributed by atoms with Crippen LogP contribution in [0.25, 0.3) is 0 Å². The molecule has 0 unspecified atom stereocenters. The molecule has 44 heavy (non-hydrogen) atoms. The number of carboxylic acids is 1. The monoisotopic (exact) mass is 627 g/mol. The molecule has 0 fully saturated rings. The van der Waals surface area contributed by atoms with Gasteiger partial charge in [-0.15, -0.1) is 0 Å². The fourth-order valence-electron chi connectivity index (χ4n) is 4.76. The van der Waals surface area contributed by atoms with E-state index in [-0.39, 0.29) is 87.9 Å². The van der Waals surface area contributed by atoms with Crippen molar-refractivity contribution in [1.29, 1.82) is 0 Å². The molecule has 0 saturated heterocycles. The van der Waals surface area contributed by atoms with E-state index >= 15 is 0 Å². The predicted octanol–water partition coefficient (Wildman–Crippen LogP) is 1.84. The molecule has 0 aliphatic carbocycles. The second kappa shape index (κ2) is 18.6. The van der Waals surface area contributed by atoms with Gasteiger partial charge in [0.2, 0.25) is 29.5 Å². The highest BCUT2D eigenvalue weighted by molar-refractivity contribution is 5.89. The summed E-state index contributed by atoms with van der Waals surface area (Å²) in [5, 5.41) is 20.1. The molecule has 0 aromatic carbocycles. The molecule has 13 nitrogen and oxygen atoms in total. The largest absolute Gasteiger partial charge is 0.481 e. The minimum Gasteiger partial charge on any atom is -0.481 e. The van der Waals surface area contributed by atoms with E-state index in [0.29, 0.717) is 12.8 Å². The van der Waals surface area contributed by atoms with Crippen LogP contribution >= 0.6 is 0 Å². The van der Waals surface area contributed by atoms with Gasteiger partial charge in [-0.1, -0.05) is 41.5 Å². The smallest absolute Gasteiger partial charge is 0.303 e. The lowest BCUT2D eigenvalue weighted by molar-refractivity contribution is -0.141. The number of carbonyl (C=O) groups excluding carboxylic acids is 5. The van der Waals surface area contributed by atoms with Crippen molar-refractivity contribution in [3.63, 3.8) is 0 Å². The van der Waals surface area contributed by atoms with Gasteiger partial charge in [0, 0.05) is 49.0 Å². The average molecular weight is 628 g/mol. The molecule has 13 heteroatoms. The lowest BCUT2D eigenvalue weighted by Crippen LogP contribution is -2.48. The van der Waals surface area contributed by atoms with E-state index < -0.39 is 28.1 Å². The van der Waals surface area contributed by atoms with Gasteiger partial charge in [0.1, 0.15) is 13.1 Å². The lowest BCUT2D eigenvalue weighted by atomic mass is 9.73. The maximum atomic E-state index is 12.9. The third-order valence-electron chi connectivity index (χ3n) is 6.73. The Labute approximate surface area is 263 Å². The molecule has 254 valence electrons. The summed E-state index contributed by atoms with van der Waals surface area (Å²) >= 11 is 0. The Morgan fingerprint density at radius 3 is 1.68 bits per heavy atom. The van der Waals surface area contributed by atoms with Gasteiger partial charge in [-0.25, -0.2) is 0 Å². The number of hydrogen-bond donors (Lipinski definition) is 5. The van der Waals surface area contributed by atoms with E-state index in [0.717, 1.165) is 0 Å². The van der Waals surface area contributed by atoms with Crippen LogP contribution in [0.2, 0.25) is 0 Å². The molecule has 0 atom stereocenters. The van der Waals surface area contributed by atoms with E-state index in [4.69, 9.17) is 9.84 Å². The second-order valence-corrected chi connectivity index (χ2v) is 14.0. The Hall–Kier alpha value is -3.22. The minimum atomic E-state index is -0.901. The Bertz CT molecular complexity index is 968. The van der Waals surface area contributed by atoms with Gasteiger partial charge >= 0.3 is 5.97 Å². The van der Waals surface area contributed by atoms with Crippen LogP contribution in [0.4, 0.5) is 0 Å². The third-order valence-corrected chi connectivity index (χ3v) is 6.73. The predicted molar refractivity (Wildman–Crippen MR) is 167 cm³/mol. The first kappa shape index (κ1) is 40.8. The highest BCUT2D eigenvalue weighted by atomic mass is 16.5. The van der Waals surface area contributed by atoms with Crippen LogP contribution in [0.5, 0.6) is 0 Å². The van der Waals surface area contributed by atoms with Gasteiger partial charge in [-0.05, 0) is 46.0 Å². The van der Waals surface area contributed by atoms with Crippen LogP contribution in [0.1, 0.15) is 94.9 Å². The molecule has 0 aliphatic rings. The SMILES string of the molecule is CC(C)NC(=O)CN(CC(=O)NC(C)C)C(=O)CCNC(=O)C(C)(C)CCOCCNC(=O)C(C)(C)CC(C)(C)CC(=O)O. The molecular weight excluding hydrogens is 570 g/mol. The molecule has 0 aromatic heterocycles. The van der Waals surface area contributed by atoms with Crippen LogP contribution in [0.3, 0.4) is 0 Å².